The molecule has 1 saturated carbocycles. The molecule has 1 aliphatic carbocycles. The number of fused-ring (bicyclic) bond motifs is 2. The van der Waals surface area contributed by atoms with Crippen molar-refractivity contribution in [1.29, 1.82) is 0 Å². The van der Waals surface area contributed by atoms with Gasteiger partial charge in [-0.1, -0.05) is 12.1 Å². The van der Waals surface area contributed by atoms with E-state index in [1.54, 1.807) is 0 Å². The summed E-state index contributed by atoms with van der Waals surface area (Å²) in [6, 6.07) is 8.33. The van der Waals surface area contributed by atoms with E-state index in [4.69, 9.17) is 9.97 Å². The van der Waals surface area contributed by atoms with Crippen molar-refractivity contribution in [1.82, 2.24) is 24.4 Å². The van der Waals surface area contributed by atoms with Crippen LogP contribution in [-0.4, -0.2) is 31.0 Å². The summed E-state index contributed by atoms with van der Waals surface area (Å²) >= 11 is 0. The Labute approximate surface area is 141 Å². The van der Waals surface area contributed by atoms with Crippen molar-refractivity contribution in [3.63, 3.8) is 0 Å². The quantitative estimate of drug-likeness (QED) is 0.745. The SMILES string of the molecule is Cn1c(CN2CCc3nc(C4CC4)ncc3C2)nc2ccccc21. The molecule has 122 valence electrons. The molecule has 0 unspecified atom stereocenters. The minimum Gasteiger partial charge on any atom is -0.330 e. The van der Waals surface area contributed by atoms with E-state index in [0.717, 1.165) is 43.2 Å². The van der Waals surface area contributed by atoms with Crippen molar-refractivity contribution in [2.75, 3.05) is 6.54 Å². The Balaban J connectivity index is 1.37. The number of nitrogens with zero attached hydrogens (tertiary/aromatic N) is 5. The van der Waals surface area contributed by atoms with Crippen LogP contribution >= 0.6 is 0 Å². The van der Waals surface area contributed by atoms with Gasteiger partial charge in [-0.25, -0.2) is 15.0 Å². The molecule has 24 heavy (non-hydrogen) atoms. The molecular weight excluding hydrogens is 298 g/mol. The summed E-state index contributed by atoms with van der Waals surface area (Å²) in [6.45, 7) is 2.83. The molecule has 0 amide bonds. The lowest BCUT2D eigenvalue weighted by Crippen LogP contribution is -2.32. The molecule has 1 aromatic carbocycles. The van der Waals surface area contributed by atoms with Crippen LogP contribution in [0.4, 0.5) is 0 Å². The lowest BCUT2D eigenvalue weighted by atomic mass is 10.1. The first-order chi connectivity index (χ1) is 11.8. The highest BCUT2D eigenvalue weighted by molar-refractivity contribution is 5.75. The summed E-state index contributed by atoms with van der Waals surface area (Å²) in [5.41, 5.74) is 4.81. The molecule has 2 aliphatic rings. The fraction of sp³-hybridized carbons (Fsp3) is 0.421. The molecule has 0 bridgehead atoms. The maximum absolute atomic E-state index is 4.81. The Kier molecular flexibility index (Phi) is 3.16. The molecule has 1 fully saturated rings. The number of hydrogen-bond donors (Lipinski definition) is 0. The zero-order valence-corrected chi connectivity index (χ0v) is 13.9. The molecule has 0 N–H and O–H groups in total. The number of rotatable bonds is 3. The second-order valence-electron chi connectivity index (χ2n) is 7.01. The molecule has 0 saturated heterocycles. The van der Waals surface area contributed by atoms with E-state index in [2.05, 4.69) is 45.9 Å². The van der Waals surface area contributed by atoms with Gasteiger partial charge in [-0.15, -0.1) is 0 Å². The molecule has 2 aromatic heterocycles. The van der Waals surface area contributed by atoms with Crippen LogP contribution in [0.3, 0.4) is 0 Å². The van der Waals surface area contributed by atoms with Gasteiger partial charge in [0.15, 0.2) is 0 Å². The molecule has 0 atom stereocenters. The predicted molar refractivity (Wildman–Crippen MR) is 92.5 cm³/mol. The maximum Gasteiger partial charge on any atom is 0.131 e. The molecular formula is C19H21N5. The molecule has 5 nitrogen and oxygen atoms in total. The summed E-state index contributed by atoms with van der Waals surface area (Å²) < 4.78 is 2.21. The molecule has 1 aliphatic heterocycles. The van der Waals surface area contributed by atoms with E-state index in [-0.39, 0.29) is 0 Å². The van der Waals surface area contributed by atoms with Crippen LogP contribution in [0.1, 0.15) is 41.7 Å². The number of benzene rings is 1. The van der Waals surface area contributed by atoms with Crippen LogP contribution in [0.2, 0.25) is 0 Å². The normalized spacial score (nSPS) is 18.0. The number of aryl methyl sites for hydroxylation is 1. The van der Waals surface area contributed by atoms with E-state index in [9.17, 15) is 0 Å². The molecule has 5 rings (SSSR count). The predicted octanol–water partition coefficient (Wildman–Crippen LogP) is 2.80. The highest BCUT2D eigenvalue weighted by Crippen LogP contribution is 2.38. The van der Waals surface area contributed by atoms with Gasteiger partial charge in [-0.05, 0) is 25.0 Å². The summed E-state index contributed by atoms with van der Waals surface area (Å²) in [5, 5.41) is 0. The summed E-state index contributed by atoms with van der Waals surface area (Å²) in [5.74, 6) is 2.82. The largest absolute Gasteiger partial charge is 0.330 e. The Bertz CT molecular complexity index is 909. The van der Waals surface area contributed by atoms with Crippen molar-refractivity contribution in [2.45, 2.75) is 38.3 Å². The van der Waals surface area contributed by atoms with Crippen LogP contribution in [0.15, 0.2) is 30.5 Å². The highest BCUT2D eigenvalue weighted by atomic mass is 15.2. The number of aromatic nitrogens is 4. The van der Waals surface area contributed by atoms with Crippen molar-refractivity contribution in [3.05, 3.63) is 53.4 Å². The fourth-order valence-electron chi connectivity index (χ4n) is 3.60. The Morgan fingerprint density at radius 2 is 2.04 bits per heavy atom. The van der Waals surface area contributed by atoms with Crippen molar-refractivity contribution in [2.24, 2.45) is 7.05 Å². The van der Waals surface area contributed by atoms with E-state index < -0.39 is 0 Å². The van der Waals surface area contributed by atoms with Gasteiger partial charge < -0.3 is 4.57 Å². The van der Waals surface area contributed by atoms with E-state index in [1.165, 1.54) is 29.6 Å². The fourth-order valence-corrected chi connectivity index (χ4v) is 3.60. The van der Waals surface area contributed by atoms with Gasteiger partial charge in [-0.2, -0.15) is 0 Å². The van der Waals surface area contributed by atoms with Crippen molar-refractivity contribution in [3.8, 4) is 0 Å². The number of imidazole rings is 1. The Hall–Kier alpha value is -2.27. The van der Waals surface area contributed by atoms with Gasteiger partial charge in [-0.3, -0.25) is 4.90 Å². The third-order valence-corrected chi connectivity index (χ3v) is 5.22. The average molecular weight is 319 g/mol. The van der Waals surface area contributed by atoms with Crippen LogP contribution in [0, 0.1) is 0 Å². The number of para-hydroxylation sites is 2. The van der Waals surface area contributed by atoms with E-state index in [1.807, 2.05) is 6.07 Å². The smallest absolute Gasteiger partial charge is 0.131 e. The van der Waals surface area contributed by atoms with Crippen LogP contribution in [0.5, 0.6) is 0 Å². The maximum atomic E-state index is 4.81. The van der Waals surface area contributed by atoms with Gasteiger partial charge in [0.25, 0.3) is 0 Å². The molecule has 3 aromatic rings. The zero-order valence-electron chi connectivity index (χ0n) is 13.9. The van der Waals surface area contributed by atoms with Crippen LogP contribution in [0.25, 0.3) is 11.0 Å². The minimum atomic E-state index is 0.633. The Morgan fingerprint density at radius 3 is 2.88 bits per heavy atom. The van der Waals surface area contributed by atoms with Gasteiger partial charge in [0, 0.05) is 49.9 Å². The first kappa shape index (κ1) is 14.1. The monoisotopic (exact) mass is 319 g/mol. The zero-order chi connectivity index (χ0) is 16.1. The van der Waals surface area contributed by atoms with Gasteiger partial charge >= 0.3 is 0 Å². The van der Waals surface area contributed by atoms with E-state index >= 15 is 0 Å². The second kappa shape index (κ2) is 5.38. The van der Waals surface area contributed by atoms with E-state index in [0.29, 0.717) is 5.92 Å². The third kappa shape index (κ3) is 2.40. The first-order valence-corrected chi connectivity index (χ1v) is 8.75. The lowest BCUT2D eigenvalue weighted by molar-refractivity contribution is 0.234. The first-order valence-electron chi connectivity index (χ1n) is 8.75. The van der Waals surface area contributed by atoms with Crippen molar-refractivity contribution >= 4 is 11.0 Å². The molecule has 5 heteroatoms. The topological polar surface area (TPSA) is 46.8 Å². The van der Waals surface area contributed by atoms with Gasteiger partial charge in [0.1, 0.15) is 11.6 Å². The number of hydrogen-bond acceptors (Lipinski definition) is 4. The average Bonchev–Trinajstić information content (AvgIpc) is 3.41. The standard InChI is InChI=1S/C19H21N5/c1-23-17-5-3-2-4-16(17)21-18(23)12-24-9-8-15-14(11-24)10-20-19(22-15)13-6-7-13/h2-5,10,13H,6-9,11-12H2,1H3. The third-order valence-electron chi connectivity index (χ3n) is 5.22. The van der Waals surface area contributed by atoms with Gasteiger partial charge in [0.2, 0.25) is 0 Å². The summed E-state index contributed by atoms with van der Waals surface area (Å²) in [4.78, 5) is 16.6. The second-order valence-corrected chi connectivity index (χ2v) is 7.01. The van der Waals surface area contributed by atoms with Gasteiger partial charge in [0.05, 0.1) is 17.6 Å². The van der Waals surface area contributed by atoms with Crippen LogP contribution < -0.4 is 0 Å². The van der Waals surface area contributed by atoms with Crippen LogP contribution in [-0.2, 0) is 26.6 Å². The minimum absolute atomic E-state index is 0.633. The van der Waals surface area contributed by atoms with Crippen molar-refractivity contribution < 1.29 is 0 Å². The summed E-state index contributed by atoms with van der Waals surface area (Å²) in [6.07, 6.45) is 5.59. The lowest BCUT2D eigenvalue weighted by Gasteiger charge is -2.27. The molecule has 0 spiro atoms. The molecule has 0 radical (unpaired) electrons. The Morgan fingerprint density at radius 1 is 1.17 bits per heavy atom. The highest BCUT2D eigenvalue weighted by Gasteiger charge is 2.28. The molecule has 3 heterocycles. The summed E-state index contributed by atoms with van der Waals surface area (Å²) in [7, 11) is 2.10.